The number of aromatic nitrogens is 3. The maximum Gasteiger partial charge on any atom is 0.227 e. The van der Waals surface area contributed by atoms with Crippen molar-refractivity contribution in [1.82, 2.24) is 14.8 Å². The molecule has 0 amide bonds. The lowest BCUT2D eigenvalue weighted by Gasteiger charge is -2.38. The van der Waals surface area contributed by atoms with E-state index in [1.165, 1.54) is 11.8 Å². The van der Waals surface area contributed by atoms with Gasteiger partial charge in [0.15, 0.2) is 5.78 Å². The third-order valence-corrected chi connectivity index (χ3v) is 5.46. The van der Waals surface area contributed by atoms with Gasteiger partial charge in [-0.25, -0.2) is 4.68 Å². The molecule has 1 atom stereocenters. The number of ether oxygens (including phenoxy) is 1. The van der Waals surface area contributed by atoms with E-state index in [1.54, 1.807) is 7.11 Å². The summed E-state index contributed by atoms with van der Waals surface area (Å²) in [6, 6.07) is 7.57. The Morgan fingerprint density at radius 3 is 2.65 bits per heavy atom. The minimum Gasteiger partial charge on any atom is -0.497 e. The molecule has 6 nitrogen and oxygen atoms in total. The van der Waals surface area contributed by atoms with Gasteiger partial charge in [-0.1, -0.05) is 37.7 Å². The Kier molecular flexibility index (Phi) is 4.06. The van der Waals surface area contributed by atoms with Crippen LogP contribution in [0.25, 0.3) is 0 Å². The van der Waals surface area contributed by atoms with Gasteiger partial charge in [-0.15, -0.1) is 5.10 Å². The highest BCUT2D eigenvalue weighted by molar-refractivity contribution is 7.98. The molecular weight excluding hydrogens is 348 g/mol. The number of rotatable bonds is 3. The number of thioether (sulfide) groups is 1. The second-order valence-electron chi connectivity index (χ2n) is 7.50. The molecule has 0 bridgehead atoms. The average molecular weight is 370 g/mol. The van der Waals surface area contributed by atoms with Gasteiger partial charge in [0.1, 0.15) is 11.8 Å². The van der Waals surface area contributed by atoms with Gasteiger partial charge < -0.3 is 10.1 Å². The highest BCUT2D eigenvalue weighted by Crippen LogP contribution is 2.45. The number of nitrogens with one attached hydrogen (secondary N) is 1. The number of anilines is 1. The zero-order chi connectivity index (χ0) is 18.5. The normalized spacial score (nSPS) is 21.1. The highest BCUT2D eigenvalue weighted by atomic mass is 32.2. The van der Waals surface area contributed by atoms with Crippen LogP contribution in [0.3, 0.4) is 0 Å². The summed E-state index contributed by atoms with van der Waals surface area (Å²) in [6.07, 6.45) is 3.31. The molecule has 2 heterocycles. The van der Waals surface area contributed by atoms with E-state index in [0.29, 0.717) is 17.5 Å². The van der Waals surface area contributed by atoms with Crippen molar-refractivity contribution >= 4 is 23.5 Å². The summed E-state index contributed by atoms with van der Waals surface area (Å²) in [5.74, 6) is 1.66. The van der Waals surface area contributed by atoms with Crippen LogP contribution in [0, 0.1) is 5.41 Å². The molecule has 136 valence electrons. The number of hydrogen-bond donors (Lipinski definition) is 1. The van der Waals surface area contributed by atoms with E-state index in [9.17, 15) is 4.79 Å². The molecule has 7 heteroatoms. The van der Waals surface area contributed by atoms with Crippen molar-refractivity contribution in [1.29, 1.82) is 0 Å². The van der Waals surface area contributed by atoms with E-state index < -0.39 is 0 Å². The minimum atomic E-state index is -0.260. The van der Waals surface area contributed by atoms with Crippen molar-refractivity contribution < 1.29 is 9.53 Å². The summed E-state index contributed by atoms with van der Waals surface area (Å²) in [5.41, 5.74) is 2.73. The largest absolute Gasteiger partial charge is 0.497 e. The van der Waals surface area contributed by atoms with Gasteiger partial charge in [-0.3, -0.25) is 4.79 Å². The number of benzene rings is 1. The number of carbonyl (C=O) groups excluding carboxylic acids is 1. The summed E-state index contributed by atoms with van der Waals surface area (Å²) in [4.78, 5) is 17.6. The zero-order valence-electron chi connectivity index (χ0n) is 15.4. The molecule has 2 aliphatic rings. The first-order chi connectivity index (χ1) is 12.4. The standard InChI is InChI=1S/C19H22N4O2S/c1-19(2)9-13-15(14(24)10-19)16(11-5-7-12(25-3)8-6-11)23-17(20-13)21-18(22-23)26-4/h5-8,16H,9-10H2,1-4H3,(H,20,21,22)/t16-/m1/s1. The number of fused-ring (bicyclic) bond motifs is 1. The zero-order valence-corrected chi connectivity index (χ0v) is 16.2. The van der Waals surface area contributed by atoms with Gasteiger partial charge in [0.25, 0.3) is 0 Å². The number of Topliss-reactive ketones (excluding diaryl/α,β-unsaturated/α-hetero) is 1. The average Bonchev–Trinajstić information content (AvgIpc) is 3.01. The van der Waals surface area contributed by atoms with Crippen LogP contribution in [0.15, 0.2) is 40.7 Å². The highest BCUT2D eigenvalue weighted by Gasteiger charge is 2.41. The van der Waals surface area contributed by atoms with E-state index >= 15 is 0 Å². The fourth-order valence-corrected chi connectivity index (χ4v) is 4.12. The quantitative estimate of drug-likeness (QED) is 0.832. The van der Waals surface area contributed by atoms with Crippen LogP contribution < -0.4 is 10.1 Å². The van der Waals surface area contributed by atoms with Crippen LogP contribution in [0.2, 0.25) is 0 Å². The van der Waals surface area contributed by atoms with Gasteiger partial charge >= 0.3 is 0 Å². The molecule has 4 rings (SSSR count). The molecule has 0 radical (unpaired) electrons. The van der Waals surface area contributed by atoms with Gasteiger partial charge in [-0.2, -0.15) is 4.98 Å². The SMILES string of the molecule is COc1ccc([C@@H]2C3=C(CC(C)(C)CC3=O)Nc3nc(SC)nn32)cc1. The van der Waals surface area contributed by atoms with Crippen LogP contribution in [0.4, 0.5) is 5.95 Å². The number of methoxy groups -OCH3 is 1. The maximum atomic E-state index is 13.0. The lowest BCUT2D eigenvalue weighted by atomic mass is 9.73. The summed E-state index contributed by atoms with van der Waals surface area (Å²) in [6.45, 7) is 4.26. The van der Waals surface area contributed by atoms with E-state index in [1.807, 2.05) is 35.2 Å². The van der Waals surface area contributed by atoms with E-state index in [-0.39, 0.29) is 17.2 Å². The van der Waals surface area contributed by atoms with Crippen LogP contribution in [-0.2, 0) is 4.79 Å². The molecule has 0 spiro atoms. The smallest absolute Gasteiger partial charge is 0.227 e. The number of hydrogen-bond acceptors (Lipinski definition) is 6. The van der Waals surface area contributed by atoms with Crippen LogP contribution >= 0.6 is 11.8 Å². The Morgan fingerprint density at radius 1 is 1.27 bits per heavy atom. The second-order valence-corrected chi connectivity index (χ2v) is 8.27. The predicted molar refractivity (Wildman–Crippen MR) is 102 cm³/mol. The second kappa shape index (κ2) is 6.16. The number of nitrogens with zero attached hydrogens (tertiary/aromatic N) is 3. The fourth-order valence-electron chi connectivity index (χ4n) is 3.77. The molecule has 2 aromatic rings. The van der Waals surface area contributed by atoms with Crippen LogP contribution in [0.5, 0.6) is 5.75 Å². The number of allylic oxidation sites excluding steroid dienone is 2. The minimum absolute atomic E-state index is 0.0576. The molecule has 26 heavy (non-hydrogen) atoms. The molecule has 0 unspecified atom stereocenters. The first-order valence-corrected chi connectivity index (χ1v) is 9.82. The van der Waals surface area contributed by atoms with Crippen molar-refractivity contribution in [2.45, 2.75) is 37.9 Å². The third kappa shape index (κ3) is 2.80. The summed E-state index contributed by atoms with van der Waals surface area (Å²) in [7, 11) is 1.65. The topological polar surface area (TPSA) is 69.0 Å². The number of ketones is 1. The van der Waals surface area contributed by atoms with Crippen molar-refractivity contribution in [2.75, 3.05) is 18.7 Å². The van der Waals surface area contributed by atoms with Crippen molar-refractivity contribution in [3.63, 3.8) is 0 Å². The monoisotopic (exact) mass is 370 g/mol. The van der Waals surface area contributed by atoms with Crippen molar-refractivity contribution in [3.05, 3.63) is 41.1 Å². The fraction of sp³-hybridized carbons (Fsp3) is 0.421. The lowest BCUT2D eigenvalue weighted by Crippen LogP contribution is -2.36. The first-order valence-electron chi connectivity index (χ1n) is 8.59. The van der Waals surface area contributed by atoms with Crippen molar-refractivity contribution in [3.8, 4) is 5.75 Å². The van der Waals surface area contributed by atoms with Gasteiger partial charge in [0.05, 0.1) is 7.11 Å². The Hall–Kier alpha value is -2.28. The molecule has 1 aliphatic heterocycles. The molecule has 1 aromatic carbocycles. The van der Waals surface area contributed by atoms with Gasteiger partial charge in [0, 0.05) is 17.7 Å². The summed E-state index contributed by atoms with van der Waals surface area (Å²) >= 11 is 1.49. The molecular formula is C19H22N4O2S. The van der Waals surface area contributed by atoms with Crippen LogP contribution in [-0.4, -0.2) is 33.9 Å². The summed E-state index contributed by atoms with van der Waals surface area (Å²) < 4.78 is 7.11. The summed E-state index contributed by atoms with van der Waals surface area (Å²) in [5, 5.41) is 8.68. The Labute approximate surface area is 157 Å². The van der Waals surface area contributed by atoms with Crippen molar-refractivity contribution in [2.24, 2.45) is 5.41 Å². The Morgan fingerprint density at radius 2 is 2.00 bits per heavy atom. The number of carbonyl (C=O) groups is 1. The third-order valence-electron chi connectivity index (χ3n) is 4.93. The lowest BCUT2D eigenvalue weighted by molar-refractivity contribution is -0.118. The maximum absolute atomic E-state index is 13.0. The Balaban J connectivity index is 1.87. The van der Waals surface area contributed by atoms with Gasteiger partial charge in [0.2, 0.25) is 11.1 Å². The van der Waals surface area contributed by atoms with E-state index in [0.717, 1.165) is 29.0 Å². The molecule has 1 aliphatic carbocycles. The van der Waals surface area contributed by atoms with E-state index in [4.69, 9.17) is 4.74 Å². The first kappa shape index (κ1) is 17.1. The predicted octanol–water partition coefficient (Wildman–Crippen LogP) is 3.67. The molecule has 1 aromatic heterocycles. The van der Waals surface area contributed by atoms with E-state index in [2.05, 4.69) is 29.2 Å². The molecule has 0 saturated heterocycles. The molecule has 0 saturated carbocycles. The molecule has 0 fully saturated rings. The van der Waals surface area contributed by atoms with Crippen LogP contribution in [0.1, 0.15) is 38.3 Å². The Bertz CT molecular complexity index is 899. The molecule has 1 N–H and O–H groups in total. The van der Waals surface area contributed by atoms with Gasteiger partial charge in [-0.05, 0) is 35.8 Å².